The van der Waals surface area contributed by atoms with Crippen molar-refractivity contribution in [2.24, 2.45) is 11.3 Å². The number of carbonyl (C=O) groups excluding carboxylic acids is 1. The Hall–Kier alpha value is -0.610. The first-order valence-corrected chi connectivity index (χ1v) is 6.69. The number of carbonyl (C=O) groups is 1. The van der Waals surface area contributed by atoms with Gasteiger partial charge >= 0.3 is 5.97 Å². The van der Waals surface area contributed by atoms with Gasteiger partial charge in [0.05, 0.1) is 25.7 Å². The van der Waals surface area contributed by atoms with Crippen LogP contribution < -0.4 is 0 Å². The first kappa shape index (κ1) is 17.4. The first-order valence-electron chi connectivity index (χ1n) is 6.69. The van der Waals surface area contributed by atoms with E-state index >= 15 is 0 Å². The van der Waals surface area contributed by atoms with Gasteiger partial charge in [-0.2, -0.15) is 0 Å². The van der Waals surface area contributed by atoms with Crippen LogP contribution in [0.5, 0.6) is 0 Å². The van der Waals surface area contributed by atoms with Crippen LogP contribution in [-0.2, 0) is 19.0 Å². The van der Waals surface area contributed by atoms with Crippen LogP contribution in [0.25, 0.3) is 0 Å². The molecule has 0 N–H and O–H groups in total. The number of hydrogen-bond donors (Lipinski definition) is 0. The maximum Gasteiger partial charge on any atom is 0.308 e. The highest BCUT2D eigenvalue weighted by Gasteiger charge is 2.21. The molecule has 108 valence electrons. The predicted molar refractivity (Wildman–Crippen MR) is 71.5 cm³/mol. The Morgan fingerprint density at radius 3 is 2.17 bits per heavy atom. The summed E-state index contributed by atoms with van der Waals surface area (Å²) >= 11 is 0. The number of esters is 1. The molecule has 0 amide bonds. The topological polar surface area (TPSA) is 44.8 Å². The lowest BCUT2D eigenvalue weighted by Gasteiger charge is -2.22. The molecule has 0 aliphatic rings. The van der Waals surface area contributed by atoms with E-state index < -0.39 is 0 Å². The molecule has 0 saturated heterocycles. The third kappa shape index (κ3) is 10.5. The molecule has 0 fully saturated rings. The van der Waals surface area contributed by atoms with Gasteiger partial charge < -0.3 is 14.2 Å². The van der Waals surface area contributed by atoms with Gasteiger partial charge in [-0.1, -0.05) is 27.7 Å². The molecule has 0 aliphatic carbocycles. The van der Waals surface area contributed by atoms with Crippen LogP contribution >= 0.6 is 0 Å². The summed E-state index contributed by atoms with van der Waals surface area (Å²) in [6.07, 6.45) is 0.830. The quantitative estimate of drug-likeness (QED) is 0.472. The van der Waals surface area contributed by atoms with Crippen molar-refractivity contribution in [3.8, 4) is 0 Å². The van der Waals surface area contributed by atoms with E-state index in [1.54, 1.807) is 0 Å². The zero-order valence-corrected chi connectivity index (χ0v) is 12.5. The first-order chi connectivity index (χ1) is 8.37. The lowest BCUT2D eigenvalue weighted by molar-refractivity contribution is -0.150. The lowest BCUT2D eigenvalue weighted by Crippen LogP contribution is -2.22. The second kappa shape index (κ2) is 9.34. The molecule has 4 heteroatoms. The zero-order valence-electron chi connectivity index (χ0n) is 12.5. The second-order valence-corrected chi connectivity index (χ2v) is 5.64. The molecule has 0 aromatic carbocycles. The van der Waals surface area contributed by atoms with Gasteiger partial charge in [-0.15, -0.1) is 0 Å². The molecule has 0 aromatic heterocycles. The van der Waals surface area contributed by atoms with Gasteiger partial charge in [0.15, 0.2) is 0 Å². The van der Waals surface area contributed by atoms with Crippen LogP contribution in [0.1, 0.15) is 41.0 Å². The summed E-state index contributed by atoms with van der Waals surface area (Å²) < 4.78 is 15.5. The van der Waals surface area contributed by atoms with Crippen molar-refractivity contribution in [1.29, 1.82) is 0 Å². The minimum atomic E-state index is -0.140. The maximum atomic E-state index is 11.7. The molecule has 1 atom stereocenters. The van der Waals surface area contributed by atoms with Gasteiger partial charge in [-0.3, -0.25) is 4.79 Å². The zero-order chi connectivity index (χ0) is 14.0. The summed E-state index contributed by atoms with van der Waals surface area (Å²) in [6.45, 7) is 12.8. The summed E-state index contributed by atoms with van der Waals surface area (Å²) in [5.41, 5.74) is 0.145. The fraction of sp³-hybridized carbons (Fsp3) is 0.929. The van der Waals surface area contributed by atoms with Crippen molar-refractivity contribution in [2.75, 3.05) is 33.0 Å². The highest BCUT2D eigenvalue weighted by Crippen LogP contribution is 2.24. The smallest absolute Gasteiger partial charge is 0.308 e. The van der Waals surface area contributed by atoms with Gasteiger partial charge in [-0.05, 0) is 18.8 Å². The molecule has 18 heavy (non-hydrogen) atoms. The van der Waals surface area contributed by atoms with Crippen LogP contribution in [-0.4, -0.2) is 39.0 Å². The Morgan fingerprint density at radius 2 is 1.61 bits per heavy atom. The molecule has 0 saturated carbocycles. The molecule has 0 rings (SSSR count). The van der Waals surface area contributed by atoms with Gasteiger partial charge in [0.2, 0.25) is 0 Å². The number of ether oxygens (including phenoxy) is 3. The average molecular weight is 260 g/mol. The molecular weight excluding hydrogens is 232 g/mol. The van der Waals surface area contributed by atoms with Crippen molar-refractivity contribution in [1.82, 2.24) is 0 Å². The molecule has 0 aliphatic heterocycles. The molecule has 0 aromatic rings. The van der Waals surface area contributed by atoms with Crippen molar-refractivity contribution in [3.05, 3.63) is 0 Å². The van der Waals surface area contributed by atoms with Crippen molar-refractivity contribution < 1.29 is 19.0 Å². The van der Waals surface area contributed by atoms with Gasteiger partial charge in [0, 0.05) is 6.61 Å². The summed E-state index contributed by atoms with van der Waals surface area (Å²) in [5.74, 6) is -0.202. The van der Waals surface area contributed by atoms with Crippen LogP contribution in [0.15, 0.2) is 0 Å². The van der Waals surface area contributed by atoms with E-state index in [1.807, 2.05) is 13.8 Å². The molecule has 0 bridgehead atoms. The molecule has 1 unspecified atom stereocenters. The summed E-state index contributed by atoms with van der Waals surface area (Å²) in [6, 6.07) is 0. The molecule has 0 spiro atoms. The Balaban J connectivity index is 3.52. The van der Waals surface area contributed by atoms with Crippen LogP contribution in [0.2, 0.25) is 0 Å². The van der Waals surface area contributed by atoms with Gasteiger partial charge in [-0.25, -0.2) is 0 Å². The predicted octanol–water partition coefficient (Wildman–Crippen LogP) is 2.66. The van der Waals surface area contributed by atoms with Crippen LogP contribution in [0.4, 0.5) is 0 Å². The fourth-order valence-corrected chi connectivity index (χ4v) is 1.71. The lowest BCUT2D eigenvalue weighted by atomic mass is 9.85. The third-order valence-electron chi connectivity index (χ3n) is 2.37. The minimum Gasteiger partial charge on any atom is -0.463 e. The normalized spacial score (nSPS) is 13.4. The highest BCUT2D eigenvalue weighted by atomic mass is 16.6. The largest absolute Gasteiger partial charge is 0.463 e. The highest BCUT2D eigenvalue weighted by molar-refractivity contribution is 5.72. The van der Waals surface area contributed by atoms with Gasteiger partial charge in [0.1, 0.15) is 6.61 Å². The van der Waals surface area contributed by atoms with Crippen LogP contribution in [0, 0.1) is 11.3 Å². The van der Waals surface area contributed by atoms with E-state index in [1.165, 1.54) is 0 Å². The Morgan fingerprint density at radius 1 is 1.06 bits per heavy atom. The molecule has 4 nitrogen and oxygen atoms in total. The Labute approximate surface area is 111 Å². The maximum absolute atomic E-state index is 11.7. The summed E-state index contributed by atoms with van der Waals surface area (Å²) in [7, 11) is 0. The van der Waals surface area contributed by atoms with E-state index in [0.717, 1.165) is 6.42 Å². The monoisotopic (exact) mass is 260 g/mol. The third-order valence-corrected chi connectivity index (χ3v) is 2.37. The van der Waals surface area contributed by atoms with E-state index in [9.17, 15) is 4.79 Å². The van der Waals surface area contributed by atoms with Crippen molar-refractivity contribution in [3.63, 3.8) is 0 Å². The van der Waals surface area contributed by atoms with Crippen molar-refractivity contribution in [2.45, 2.75) is 41.0 Å². The number of hydrogen-bond acceptors (Lipinski definition) is 4. The Bertz CT molecular complexity index is 220. The summed E-state index contributed by atoms with van der Waals surface area (Å²) in [5, 5.41) is 0. The average Bonchev–Trinajstić information content (AvgIpc) is 2.25. The van der Waals surface area contributed by atoms with E-state index in [2.05, 4.69) is 20.8 Å². The van der Waals surface area contributed by atoms with E-state index in [0.29, 0.717) is 33.0 Å². The number of rotatable bonds is 9. The van der Waals surface area contributed by atoms with Crippen molar-refractivity contribution >= 4 is 5.97 Å². The van der Waals surface area contributed by atoms with Gasteiger partial charge in [0.25, 0.3) is 0 Å². The van der Waals surface area contributed by atoms with E-state index in [-0.39, 0.29) is 17.3 Å². The molecular formula is C14H28O4. The summed E-state index contributed by atoms with van der Waals surface area (Å²) in [4.78, 5) is 11.7. The molecule has 0 radical (unpaired) electrons. The molecule has 0 heterocycles. The second-order valence-electron chi connectivity index (χ2n) is 5.64. The Kier molecular flexibility index (Phi) is 9.02. The SMILES string of the molecule is CCOCCOCCOC(=O)C(C)CC(C)(C)C. The van der Waals surface area contributed by atoms with E-state index in [4.69, 9.17) is 14.2 Å². The fourth-order valence-electron chi connectivity index (χ4n) is 1.71. The standard InChI is InChI=1S/C14H28O4/c1-6-16-7-8-17-9-10-18-13(15)12(2)11-14(3,4)5/h12H,6-11H2,1-5H3. The van der Waals surface area contributed by atoms with Crippen LogP contribution in [0.3, 0.4) is 0 Å². The minimum absolute atomic E-state index is 0.0616.